The summed E-state index contributed by atoms with van der Waals surface area (Å²) in [5.41, 5.74) is 1.06. The van der Waals surface area contributed by atoms with Crippen LogP contribution < -0.4 is 0 Å². The summed E-state index contributed by atoms with van der Waals surface area (Å²) in [6, 6.07) is 6.51. The minimum atomic E-state index is -3.67. The SMILES string of the molecule is CCOC(=O)C1=CCN1S(=O)(=O)c1ccc(C)cc1. The van der Waals surface area contributed by atoms with Crippen molar-refractivity contribution in [3.63, 3.8) is 0 Å². The van der Waals surface area contributed by atoms with Crippen LogP contribution in [-0.4, -0.2) is 31.8 Å². The lowest BCUT2D eigenvalue weighted by Crippen LogP contribution is -2.41. The molecule has 0 N–H and O–H groups in total. The Morgan fingerprint density at radius 2 is 1.95 bits per heavy atom. The van der Waals surface area contributed by atoms with Crippen LogP contribution in [0.1, 0.15) is 12.5 Å². The number of rotatable bonds is 4. The van der Waals surface area contributed by atoms with Crippen molar-refractivity contribution in [1.82, 2.24) is 4.31 Å². The van der Waals surface area contributed by atoms with E-state index in [0.717, 1.165) is 9.87 Å². The second kappa shape index (κ2) is 5.05. The molecule has 0 fully saturated rings. The summed E-state index contributed by atoms with van der Waals surface area (Å²) in [5.74, 6) is -0.607. The fourth-order valence-corrected chi connectivity index (χ4v) is 3.13. The largest absolute Gasteiger partial charge is 0.461 e. The van der Waals surface area contributed by atoms with Crippen molar-refractivity contribution < 1.29 is 17.9 Å². The minimum absolute atomic E-state index is 0.0856. The topological polar surface area (TPSA) is 63.7 Å². The van der Waals surface area contributed by atoms with Crippen LogP contribution in [0, 0.1) is 6.92 Å². The molecule has 1 heterocycles. The van der Waals surface area contributed by atoms with Crippen molar-refractivity contribution in [3.05, 3.63) is 41.6 Å². The van der Waals surface area contributed by atoms with Crippen molar-refractivity contribution in [2.45, 2.75) is 18.7 Å². The molecule has 0 unspecified atom stereocenters. The van der Waals surface area contributed by atoms with Crippen LogP contribution in [0.3, 0.4) is 0 Å². The Bertz CT molecular complexity index is 617. The molecule has 0 bridgehead atoms. The van der Waals surface area contributed by atoms with Crippen molar-refractivity contribution in [3.8, 4) is 0 Å². The lowest BCUT2D eigenvalue weighted by molar-refractivity contribution is -0.140. The second-order valence-corrected chi connectivity index (χ2v) is 6.02. The molecule has 1 aliphatic heterocycles. The number of nitrogens with zero attached hydrogens (tertiary/aromatic N) is 1. The van der Waals surface area contributed by atoms with Crippen LogP contribution in [-0.2, 0) is 19.6 Å². The average molecular weight is 281 g/mol. The Balaban J connectivity index is 2.25. The molecule has 0 amide bonds. The number of carbonyl (C=O) groups is 1. The molecule has 0 saturated carbocycles. The number of esters is 1. The van der Waals surface area contributed by atoms with Crippen molar-refractivity contribution in [2.24, 2.45) is 0 Å². The molecule has 1 aliphatic rings. The summed E-state index contributed by atoms with van der Waals surface area (Å²) in [5, 5.41) is 0. The lowest BCUT2D eigenvalue weighted by atomic mass is 10.2. The summed E-state index contributed by atoms with van der Waals surface area (Å²) in [6.45, 7) is 3.97. The van der Waals surface area contributed by atoms with Crippen LogP contribution in [0.15, 0.2) is 40.9 Å². The minimum Gasteiger partial charge on any atom is -0.461 e. The third-order valence-corrected chi connectivity index (χ3v) is 4.61. The first-order chi connectivity index (χ1) is 8.96. The monoisotopic (exact) mass is 281 g/mol. The number of carbonyl (C=O) groups excluding carboxylic acids is 1. The van der Waals surface area contributed by atoms with E-state index in [0.29, 0.717) is 0 Å². The Morgan fingerprint density at radius 3 is 2.42 bits per heavy atom. The summed E-state index contributed by atoms with van der Waals surface area (Å²) in [7, 11) is -3.67. The average Bonchev–Trinajstić information content (AvgIpc) is 2.27. The van der Waals surface area contributed by atoms with Gasteiger partial charge in [0.05, 0.1) is 18.0 Å². The van der Waals surface area contributed by atoms with Gasteiger partial charge in [-0.15, -0.1) is 0 Å². The highest BCUT2D eigenvalue weighted by Gasteiger charge is 2.35. The fourth-order valence-electron chi connectivity index (χ4n) is 1.71. The van der Waals surface area contributed by atoms with E-state index in [9.17, 15) is 13.2 Å². The summed E-state index contributed by atoms with van der Waals surface area (Å²) in [4.78, 5) is 11.7. The van der Waals surface area contributed by atoms with E-state index in [1.54, 1.807) is 25.1 Å². The van der Waals surface area contributed by atoms with E-state index < -0.39 is 16.0 Å². The number of benzene rings is 1. The van der Waals surface area contributed by atoms with Crippen LogP contribution in [0.2, 0.25) is 0 Å². The maximum absolute atomic E-state index is 12.3. The van der Waals surface area contributed by atoms with Crippen LogP contribution >= 0.6 is 0 Å². The first-order valence-electron chi connectivity index (χ1n) is 5.93. The molecular formula is C13H15NO4S. The molecule has 2 rings (SSSR count). The molecule has 19 heavy (non-hydrogen) atoms. The first kappa shape index (κ1) is 13.6. The van der Waals surface area contributed by atoms with Crippen LogP contribution in [0.25, 0.3) is 0 Å². The molecule has 0 atom stereocenters. The Morgan fingerprint density at radius 1 is 1.32 bits per heavy atom. The predicted molar refractivity (Wildman–Crippen MR) is 69.8 cm³/mol. The van der Waals surface area contributed by atoms with Gasteiger partial charge in [-0.25, -0.2) is 13.2 Å². The molecular weight excluding hydrogens is 266 g/mol. The van der Waals surface area contributed by atoms with E-state index in [-0.39, 0.29) is 23.7 Å². The number of ether oxygens (including phenoxy) is 1. The number of aryl methyl sites for hydroxylation is 1. The van der Waals surface area contributed by atoms with Gasteiger partial charge in [0.15, 0.2) is 0 Å². The standard InChI is InChI=1S/C13H15NO4S/c1-3-18-13(15)12-8-9-14(12)19(16,17)11-6-4-10(2)5-7-11/h4-8H,3,9H2,1-2H3. The lowest BCUT2D eigenvalue weighted by Gasteiger charge is -2.30. The Labute approximate surface area is 112 Å². The van der Waals surface area contributed by atoms with Gasteiger partial charge in [-0.3, -0.25) is 4.31 Å². The summed E-state index contributed by atoms with van der Waals surface area (Å²) in [6.07, 6.45) is 1.55. The van der Waals surface area contributed by atoms with E-state index in [1.165, 1.54) is 12.1 Å². The molecule has 0 saturated heterocycles. The van der Waals surface area contributed by atoms with Gasteiger partial charge in [0.2, 0.25) is 0 Å². The summed E-state index contributed by atoms with van der Waals surface area (Å²) < 4.78 is 30.5. The highest BCUT2D eigenvalue weighted by atomic mass is 32.2. The molecule has 1 aromatic carbocycles. The molecule has 0 radical (unpaired) electrons. The molecule has 5 nitrogen and oxygen atoms in total. The number of hydrogen-bond acceptors (Lipinski definition) is 4. The van der Waals surface area contributed by atoms with Gasteiger partial charge < -0.3 is 4.74 Å². The normalized spacial score (nSPS) is 14.6. The first-order valence-corrected chi connectivity index (χ1v) is 7.37. The van der Waals surface area contributed by atoms with E-state index >= 15 is 0 Å². The summed E-state index contributed by atoms with van der Waals surface area (Å²) >= 11 is 0. The zero-order valence-electron chi connectivity index (χ0n) is 10.8. The van der Waals surface area contributed by atoms with Crippen molar-refractivity contribution in [1.29, 1.82) is 0 Å². The van der Waals surface area contributed by atoms with Gasteiger partial charge in [-0.1, -0.05) is 17.7 Å². The second-order valence-electron chi connectivity index (χ2n) is 4.16. The Kier molecular flexibility index (Phi) is 3.61. The van der Waals surface area contributed by atoms with Crippen LogP contribution in [0.4, 0.5) is 0 Å². The van der Waals surface area contributed by atoms with Gasteiger partial charge >= 0.3 is 5.97 Å². The van der Waals surface area contributed by atoms with Crippen LogP contribution in [0.5, 0.6) is 0 Å². The molecule has 0 aliphatic carbocycles. The van der Waals surface area contributed by atoms with E-state index in [1.807, 2.05) is 6.92 Å². The highest BCUT2D eigenvalue weighted by Crippen LogP contribution is 2.26. The molecule has 102 valence electrons. The molecule has 6 heteroatoms. The highest BCUT2D eigenvalue weighted by molar-refractivity contribution is 7.89. The third-order valence-electron chi connectivity index (χ3n) is 2.81. The van der Waals surface area contributed by atoms with Gasteiger partial charge in [0, 0.05) is 0 Å². The molecule has 0 aromatic heterocycles. The van der Waals surface area contributed by atoms with E-state index in [2.05, 4.69) is 0 Å². The van der Waals surface area contributed by atoms with Gasteiger partial charge in [-0.05, 0) is 32.1 Å². The van der Waals surface area contributed by atoms with Crippen molar-refractivity contribution >= 4 is 16.0 Å². The third kappa shape index (κ3) is 2.49. The number of hydrogen-bond donors (Lipinski definition) is 0. The quantitative estimate of drug-likeness (QED) is 0.784. The number of sulfonamides is 1. The van der Waals surface area contributed by atoms with Gasteiger partial charge in [0.25, 0.3) is 10.0 Å². The van der Waals surface area contributed by atoms with Gasteiger partial charge in [0.1, 0.15) is 5.70 Å². The van der Waals surface area contributed by atoms with Crippen molar-refractivity contribution in [2.75, 3.05) is 13.2 Å². The fraction of sp³-hybridized carbons (Fsp3) is 0.308. The zero-order chi connectivity index (χ0) is 14.0. The maximum atomic E-state index is 12.3. The van der Waals surface area contributed by atoms with Gasteiger partial charge in [-0.2, -0.15) is 0 Å². The maximum Gasteiger partial charge on any atom is 0.355 e. The molecule has 1 aromatic rings. The smallest absolute Gasteiger partial charge is 0.355 e. The Hall–Kier alpha value is -1.82. The molecule has 0 spiro atoms. The van der Waals surface area contributed by atoms with E-state index in [4.69, 9.17) is 4.74 Å². The predicted octanol–water partition coefficient (Wildman–Crippen LogP) is 1.45. The zero-order valence-corrected chi connectivity index (χ0v) is 11.6.